The Morgan fingerprint density at radius 3 is 2.95 bits per heavy atom. The number of fused-ring (bicyclic) bond motifs is 1. The molecule has 21 heavy (non-hydrogen) atoms. The van der Waals surface area contributed by atoms with Crippen LogP contribution < -0.4 is 10.1 Å². The van der Waals surface area contributed by atoms with Gasteiger partial charge in [-0.3, -0.25) is 4.99 Å². The fraction of sp³-hybridized carbons (Fsp3) is 0.588. The van der Waals surface area contributed by atoms with Crippen molar-refractivity contribution in [1.29, 1.82) is 0 Å². The lowest BCUT2D eigenvalue weighted by Crippen LogP contribution is -2.45. The molecule has 1 spiro atoms. The number of benzene rings is 1. The van der Waals surface area contributed by atoms with Gasteiger partial charge in [0, 0.05) is 23.3 Å². The highest BCUT2D eigenvalue weighted by Crippen LogP contribution is 2.39. The number of hydrogen-bond acceptors (Lipinski definition) is 3. The lowest BCUT2D eigenvalue weighted by atomic mass is 9.83. The van der Waals surface area contributed by atoms with Crippen molar-refractivity contribution < 1.29 is 4.74 Å². The molecule has 0 amide bonds. The second-order valence-electron chi connectivity index (χ2n) is 6.38. The lowest BCUT2D eigenvalue weighted by molar-refractivity contribution is 0.269. The molecule has 1 N–H and O–H groups in total. The molecule has 1 aromatic rings. The molecular weight excluding hydrogens is 280 g/mol. The molecule has 1 aliphatic carbocycles. The molecule has 4 heteroatoms. The Morgan fingerprint density at radius 2 is 2.05 bits per heavy atom. The van der Waals surface area contributed by atoms with Gasteiger partial charge in [-0.15, -0.1) is 0 Å². The molecule has 0 aromatic heterocycles. The highest BCUT2D eigenvalue weighted by molar-refractivity contribution is 8.14. The Kier molecular flexibility index (Phi) is 3.57. The number of hydrogen-bond donors (Lipinski definition) is 1. The number of para-hydroxylation sites is 1. The van der Waals surface area contributed by atoms with Gasteiger partial charge in [0.15, 0.2) is 5.17 Å². The summed E-state index contributed by atoms with van der Waals surface area (Å²) in [6.45, 7) is 0.772. The van der Waals surface area contributed by atoms with Crippen LogP contribution in [0.5, 0.6) is 5.75 Å². The van der Waals surface area contributed by atoms with Crippen molar-refractivity contribution in [2.45, 2.75) is 50.1 Å². The fourth-order valence-electron chi connectivity index (χ4n) is 3.67. The second kappa shape index (κ2) is 5.56. The van der Waals surface area contributed by atoms with E-state index in [2.05, 4.69) is 23.5 Å². The van der Waals surface area contributed by atoms with E-state index in [0.717, 1.165) is 23.9 Å². The maximum Gasteiger partial charge on any atom is 0.157 e. The number of rotatable bonds is 1. The van der Waals surface area contributed by atoms with Gasteiger partial charge in [0.05, 0.1) is 12.6 Å². The highest BCUT2D eigenvalue weighted by Gasteiger charge is 2.38. The van der Waals surface area contributed by atoms with Crippen molar-refractivity contribution in [3.63, 3.8) is 0 Å². The van der Waals surface area contributed by atoms with Gasteiger partial charge in [-0.2, -0.15) is 0 Å². The Hall–Kier alpha value is -1.16. The second-order valence-corrected chi connectivity index (χ2v) is 7.34. The summed E-state index contributed by atoms with van der Waals surface area (Å²) < 4.78 is 5.73. The number of nitrogens with one attached hydrogen (secondary N) is 1. The summed E-state index contributed by atoms with van der Waals surface area (Å²) in [5, 5.41) is 4.91. The van der Waals surface area contributed by atoms with Crippen LogP contribution in [0.2, 0.25) is 0 Å². The molecule has 2 heterocycles. The van der Waals surface area contributed by atoms with Gasteiger partial charge in [0.25, 0.3) is 0 Å². The van der Waals surface area contributed by atoms with Crippen molar-refractivity contribution in [2.75, 3.05) is 12.4 Å². The zero-order chi connectivity index (χ0) is 14.1. The minimum absolute atomic E-state index is 0.253. The Morgan fingerprint density at radius 1 is 1.19 bits per heavy atom. The molecule has 1 unspecified atom stereocenters. The van der Waals surface area contributed by atoms with Gasteiger partial charge >= 0.3 is 0 Å². The van der Waals surface area contributed by atoms with E-state index in [1.807, 2.05) is 17.8 Å². The normalized spacial score (nSPS) is 29.0. The minimum Gasteiger partial charge on any atom is -0.493 e. The first kappa shape index (κ1) is 13.5. The van der Waals surface area contributed by atoms with E-state index in [9.17, 15) is 0 Å². The summed E-state index contributed by atoms with van der Waals surface area (Å²) in [7, 11) is 0. The van der Waals surface area contributed by atoms with Crippen LogP contribution in [0.1, 0.15) is 50.1 Å². The van der Waals surface area contributed by atoms with E-state index in [0.29, 0.717) is 5.54 Å². The third-order valence-electron chi connectivity index (χ3n) is 4.87. The van der Waals surface area contributed by atoms with E-state index in [1.165, 1.54) is 43.4 Å². The predicted octanol–water partition coefficient (Wildman–Crippen LogP) is 3.91. The SMILES string of the molecule is c1ccc2c(c1)OCCC2N=C1NC2(CCCCC2)CS1. The number of aliphatic imine (C=N–C) groups is 1. The fourth-order valence-corrected chi connectivity index (χ4v) is 4.94. The van der Waals surface area contributed by atoms with Crippen LogP contribution >= 0.6 is 11.8 Å². The molecular formula is C17H22N2OS. The Bertz CT molecular complexity index is 551. The van der Waals surface area contributed by atoms with Crippen LogP contribution in [0.3, 0.4) is 0 Å². The molecule has 2 aliphatic heterocycles. The number of nitrogens with zero attached hydrogens (tertiary/aromatic N) is 1. The van der Waals surface area contributed by atoms with Crippen LogP contribution in [0, 0.1) is 0 Å². The van der Waals surface area contributed by atoms with E-state index in [4.69, 9.17) is 9.73 Å². The number of thioether (sulfide) groups is 1. The molecule has 1 saturated heterocycles. The van der Waals surface area contributed by atoms with Crippen molar-refractivity contribution in [3.05, 3.63) is 29.8 Å². The van der Waals surface area contributed by atoms with Crippen LogP contribution in [0.4, 0.5) is 0 Å². The van der Waals surface area contributed by atoms with Crippen LogP contribution in [0.25, 0.3) is 0 Å². The third-order valence-corrected chi connectivity index (χ3v) is 6.05. The van der Waals surface area contributed by atoms with Crippen LogP contribution in [-0.4, -0.2) is 23.1 Å². The van der Waals surface area contributed by atoms with Gasteiger partial charge in [-0.25, -0.2) is 0 Å². The van der Waals surface area contributed by atoms with Gasteiger partial charge in [0.1, 0.15) is 5.75 Å². The first-order valence-electron chi connectivity index (χ1n) is 8.05. The number of amidine groups is 1. The zero-order valence-corrected chi connectivity index (χ0v) is 13.1. The van der Waals surface area contributed by atoms with Gasteiger partial charge < -0.3 is 10.1 Å². The Labute approximate surface area is 130 Å². The molecule has 1 atom stereocenters. The summed E-state index contributed by atoms with van der Waals surface area (Å²) in [4.78, 5) is 5.01. The van der Waals surface area contributed by atoms with Crippen LogP contribution in [0.15, 0.2) is 29.3 Å². The zero-order valence-electron chi connectivity index (χ0n) is 12.3. The van der Waals surface area contributed by atoms with E-state index in [1.54, 1.807) is 0 Å². The highest BCUT2D eigenvalue weighted by atomic mass is 32.2. The van der Waals surface area contributed by atoms with Crippen molar-refractivity contribution in [2.24, 2.45) is 4.99 Å². The average Bonchev–Trinajstić information content (AvgIpc) is 2.91. The summed E-state index contributed by atoms with van der Waals surface area (Å²) in [5.74, 6) is 2.20. The van der Waals surface area contributed by atoms with E-state index >= 15 is 0 Å². The maximum atomic E-state index is 5.73. The van der Waals surface area contributed by atoms with E-state index in [-0.39, 0.29) is 6.04 Å². The lowest BCUT2D eigenvalue weighted by Gasteiger charge is -2.33. The molecule has 1 saturated carbocycles. The first-order valence-corrected chi connectivity index (χ1v) is 9.04. The predicted molar refractivity (Wildman–Crippen MR) is 88.1 cm³/mol. The van der Waals surface area contributed by atoms with Crippen molar-refractivity contribution in [3.8, 4) is 5.75 Å². The van der Waals surface area contributed by atoms with Crippen LogP contribution in [-0.2, 0) is 0 Å². The molecule has 1 aromatic carbocycles. The summed E-state index contributed by atoms with van der Waals surface area (Å²) in [5.41, 5.74) is 1.58. The van der Waals surface area contributed by atoms with Gasteiger partial charge in [0.2, 0.25) is 0 Å². The standard InChI is InChI=1S/C17H22N2OS/c1-4-9-17(10-5-1)12-21-16(19-17)18-14-8-11-20-15-7-3-2-6-13(14)15/h2-3,6-7,14H,1,4-5,8-12H2,(H,18,19). The molecule has 112 valence electrons. The molecule has 4 rings (SSSR count). The minimum atomic E-state index is 0.253. The third kappa shape index (κ3) is 2.66. The summed E-state index contributed by atoms with van der Waals surface area (Å²) in [6, 6.07) is 8.58. The first-order chi connectivity index (χ1) is 10.3. The maximum absolute atomic E-state index is 5.73. The quantitative estimate of drug-likeness (QED) is 0.854. The Balaban J connectivity index is 1.54. The monoisotopic (exact) mass is 302 g/mol. The molecule has 3 nitrogen and oxygen atoms in total. The van der Waals surface area contributed by atoms with Gasteiger partial charge in [-0.05, 0) is 18.9 Å². The summed E-state index contributed by atoms with van der Waals surface area (Å²) >= 11 is 1.91. The average molecular weight is 302 g/mol. The van der Waals surface area contributed by atoms with E-state index < -0.39 is 0 Å². The molecule has 0 radical (unpaired) electrons. The van der Waals surface area contributed by atoms with Crippen molar-refractivity contribution in [1.82, 2.24) is 5.32 Å². The largest absolute Gasteiger partial charge is 0.493 e. The molecule has 3 aliphatic rings. The summed E-state index contributed by atoms with van der Waals surface area (Å²) in [6.07, 6.45) is 7.72. The topological polar surface area (TPSA) is 33.6 Å². The molecule has 2 fully saturated rings. The smallest absolute Gasteiger partial charge is 0.157 e. The van der Waals surface area contributed by atoms with Crippen molar-refractivity contribution >= 4 is 16.9 Å². The van der Waals surface area contributed by atoms with Gasteiger partial charge in [-0.1, -0.05) is 49.2 Å². The molecule has 0 bridgehead atoms. The number of ether oxygens (including phenoxy) is 1.